The van der Waals surface area contributed by atoms with Crippen LogP contribution in [0.2, 0.25) is 0 Å². The molecule has 0 bridgehead atoms. The van der Waals surface area contributed by atoms with Crippen molar-refractivity contribution in [3.8, 4) is 0 Å². The van der Waals surface area contributed by atoms with Gasteiger partial charge >= 0.3 is 0 Å². The normalized spacial score (nSPS) is 24.8. The number of methoxy groups -OCH3 is 1. The fourth-order valence-corrected chi connectivity index (χ4v) is 1.59. The number of ether oxygens (including phenoxy) is 1. The number of halogens is 1. The Morgan fingerprint density at radius 2 is 2.00 bits per heavy atom. The van der Waals surface area contributed by atoms with E-state index >= 15 is 0 Å². The Labute approximate surface area is 81.5 Å². The molecule has 1 fully saturated rings. The second-order valence-electron chi connectivity index (χ2n) is 3.81. The molecular weight excluding hydrogens is 174 g/mol. The predicted molar refractivity (Wildman–Crippen MR) is 54.0 cm³/mol. The van der Waals surface area contributed by atoms with Crippen molar-refractivity contribution in [2.24, 2.45) is 0 Å². The molecule has 1 rings (SSSR count). The molecule has 2 nitrogen and oxygen atoms in total. The third kappa shape index (κ3) is 2.92. The van der Waals surface area contributed by atoms with Crippen LogP contribution in [0.1, 0.15) is 33.1 Å². The van der Waals surface area contributed by atoms with Crippen LogP contribution in [-0.4, -0.2) is 25.3 Å². The first-order chi connectivity index (χ1) is 5.17. The van der Waals surface area contributed by atoms with Crippen molar-refractivity contribution in [1.82, 2.24) is 5.32 Å². The molecule has 0 aromatic rings. The smallest absolute Gasteiger partial charge is 0.0774 e. The van der Waals surface area contributed by atoms with Crippen molar-refractivity contribution in [2.45, 2.75) is 44.8 Å². The van der Waals surface area contributed by atoms with E-state index in [4.69, 9.17) is 4.74 Å². The van der Waals surface area contributed by atoms with E-state index in [9.17, 15) is 0 Å². The van der Waals surface area contributed by atoms with Gasteiger partial charge in [0.05, 0.1) is 5.60 Å². The molecule has 1 atom stereocenters. The second kappa shape index (κ2) is 5.05. The number of hydrogen-bond acceptors (Lipinski definition) is 2. The summed E-state index contributed by atoms with van der Waals surface area (Å²) in [6.07, 6.45) is 3.90. The summed E-state index contributed by atoms with van der Waals surface area (Å²) in [5.74, 6) is 0. The number of piperidine rings is 1. The van der Waals surface area contributed by atoms with Crippen LogP contribution in [-0.2, 0) is 4.74 Å². The van der Waals surface area contributed by atoms with Crippen LogP contribution in [0.3, 0.4) is 0 Å². The lowest BCUT2D eigenvalue weighted by Gasteiger charge is -2.36. The van der Waals surface area contributed by atoms with E-state index < -0.39 is 0 Å². The predicted octanol–water partition coefficient (Wildman–Crippen LogP) is 1.98. The van der Waals surface area contributed by atoms with Gasteiger partial charge in [-0.2, -0.15) is 0 Å². The summed E-state index contributed by atoms with van der Waals surface area (Å²) in [6, 6.07) is 0.543. The summed E-state index contributed by atoms with van der Waals surface area (Å²) in [5.41, 5.74) is 0.000417. The molecule has 12 heavy (non-hydrogen) atoms. The third-order valence-corrected chi connectivity index (χ3v) is 2.68. The Kier molecular flexibility index (Phi) is 5.14. The lowest BCUT2D eigenvalue weighted by atomic mass is 9.91. The summed E-state index contributed by atoms with van der Waals surface area (Å²) >= 11 is 0. The topological polar surface area (TPSA) is 21.3 Å². The van der Waals surface area contributed by atoms with Crippen LogP contribution < -0.4 is 5.32 Å². The van der Waals surface area contributed by atoms with Crippen LogP contribution in [0.25, 0.3) is 0 Å². The first-order valence-electron chi connectivity index (χ1n) is 4.45. The number of rotatable bonds is 2. The molecule has 1 N–H and O–H groups in total. The standard InChI is InChI=1S/C9H19NO.ClH/c1-9(2,11-3)8-6-4-5-7-10-8;/h8,10H,4-7H2,1-3H3;1H/t8-;/m0./s1. The Bertz CT molecular complexity index is 122. The lowest BCUT2D eigenvalue weighted by molar-refractivity contribution is -0.0172. The van der Waals surface area contributed by atoms with E-state index in [-0.39, 0.29) is 18.0 Å². The summed E-state index contributed by atoms with van der Waals surface area (Å²) in [6.45, 7) is 5.45. The molecule has 0 unspecified atom stereocenters. The molecule has 74 valence electrons. The van der Waals surface area contributed by atoms with E-state index in [0.717, 1.165) is 6.54 Å². The van der Waals surface area contributed by atoms with E-state index in [1.54, 1.807) is 7.11 Å². The molecule has 1 heterocycles. The van der Waals surface area contributed by atoms with Gasteiger partial charge in [-0.1, -0.05) is 6.42 Å². The van der Waals surface area contributed by atoms with Crippen molar-refractivity contribution in [1.29, 1.82) is 0 Å². The summed E-state index contributed by atoms with van der Waals surface area (Å²) in [5, 5.41) is 3.49. The minimum atomic E-state index is 0. The largest absolute Gasteiger partial charge is 0.377 e. The van der Waals surface area contributed by atoms with Crippen LogP contribution in [0.5, 0.6) is 0 Å². The van der Waals surface area contributed by atoms with Crippen molar-refractivity contribution < 1.29 is 4.74 Å². The maximum atomic E-state index is 5.41. The van der Waals surface area contributed by atoms with Gasteiger partial charge in [0.15, 0.2) is 0 Å². The summed E-state index contributed by atoms with van der Waals surface area (Å²) in [7, 11) is 1.79. The maximum Gasteiger partial charge on any atom is 0.0774 e. The zero-order valence-electron chi connectivity index (χ0n) is 8.22. The van der Waals surface area contributed by atoms with E-state index in [1.807, 2.05) is 0 Å². The van der Waals surface area contributed by atoms with Gasteiger partial charge in [-0.3, -0.25) is 0 Å². The highest BCUT2D eigenvalue weighted by molar-refractivity contribution is 5.85. The zero-order chi connectivity index (χ0) is 8.32. The molecule has 0 aromatic heterocycles. The molecule has 3 heteroatoms. The SMILES string of the molecule is COC(C)(C)[C@@H]1CCCCN1.Cl. The minimum Gasteiger partial charge on any atom is -0.377 e. The molecule has 0 radical (unpaired) electrons. The van der Waals surface area contributed by atoms with E-state index in [0.29, 0.717) is 6.04 Å². The monoisotopic (exact) mass is 193 g/mol. The Morgan fingerprint density at radius 3 is 2.42 bits per heavy atom. The van der Waals surface area contributed by atoms with Crippen LogP contribution >= 0.6 is 12.4 Å². The quantitative estimate of drug-likeness (QED) is 0.724. The first-order valence-corrected chi connectivity index (χ1v) is 4.45. The van der Waals surface area contributed by atoms with Gasteiger partial charge in [-0.15, -0.1) is 12.4 Å². The third-order valence-electron chi connectivity index (χ3n) is 2.68. The first kappa shape index (κ1) is 12.2. The molecular formula is C9H20ClNO. The van der Waals surface area contributed by atoms with Crippen LogP contribution in [0, 0.1) is 0 Å². The number of nitrogens with one attached hydrogen (secondary N) is 1. The van der Waals surface area contributed by atoms with Gasteiger partial charge < -0.3 is 10.1 Å². The maximum absolute atomic E-state index is 5.41. The van der Waals surface area contributed by atoms with Crippen molar-refractivity contribution in [3.05, 3.63) is 0 Å². The van der Waals surface area contributed by atoms with E-state index in [2.05, 4.69) is 19.2 Å². The fraction of sp³-hybridized carbons (Fsp3) is 1.00. The second-order valence-corrected chi connectivity index (χ2v) is 3.81. The van der Waals surface area contributed by atoms with Gasteiger partial charge in [0, 0.05) is 13.2 Å². The molecule has 1 aliphatic rings. The highest BCUT2D eigenvalue weighted by atomic mass is 35.5. The molecule has 0 aliphatic carbocycles. The summed E-state index contributed by atoms with van der Waals surface area (Å²) in [4.78, 5) is 0. The van der Waals surface area contributed by atoms with Gasteiger partial charge in [-0.25, -0.2) is 0 Å². The van der Waals surface area contributed by atoms with Gasteiger partial charge in [0.25, 0.3) is 0 Å². The Balaban J connectivity index is 0.00000121. The molecule has 1 saturated heterocycles. The number of hydrogen-bond donors (Lipinski definition) is 1. The average Bonchev–Trinajstić information content (AvgIpc) is 2.06. The zero-order valence-corrected chi connectivity index (χ0v) is 9.04. The van der Waals surface area contributed by atoms with Crippen molar-refractivity contribution >= 4 is 12.4 Å². The fourth-order valence-electron chi connectivity index (χ4n) is 1.59. The van der Waals surface area contributed by atoms with Crippen LogP contribution in [0.15, 0.2) is 0 Å². The Hall–Kier alpha value is 0.210. The minimum absolute atomic E-state index is 0. The lowest BCUT2D eigenvalue weighted by Crippen LogP contribution is -2.50. The van der Waals surface area contributed by atoms with Crippen molar-refractivity contribution in [3.63, 3.8) is 0 Å². The van der Waals surface area contributed by atoms with Crippen molar-refractivity contribution in [2.75, 3.05) is 13.7 Å². The highest BCUT2D eigenvalue weighted by Gasteiger charge is 2.29. The molecule has 1 aliphatic heterocycles. The van der Waals surface area contributed by atoms with Crippen LogP contribution in [0.4, 0.5) is 0 Å². The molecule has 0 saturated carbocycles. The summed E-state index contributed by atoms with van der Waals surface area (Å²) < 4.78 is 5.41. The highest BCUT2D eigenvalue weighted by Crippen LogP contribution is 2.21. The molecule has 0 amide bonds. The van der Waals surface area contributed by atoms with Gasteiger partial charge in [0.2, 0.25) is 0 Å². The van der Waals surface area contributed by atoms with Gasteiger partial charge in [-0.05, 0) is 33.2 Å². The average molecular weight is 194 g/mol. The Morgan fingerprint density at radius 1 is 1.33 bits per heavy atom. The molecule has 0 spiro atoms. The molecule has 0 aromatic carbocycles. The van der Waals surface area contributed by atoms with E-state index in [1.165, 1.54) is 19.3 Å². The van der Waals surface area contributed by atoms with Gasteiger partial charge in [0.1, 0.15) is 0 Å².